The van der Waals surface area contributed by atoms with Gasteiger partial charge in [-0.3, -0.25) is 4.79 Å². The summed E-state index contributed by atoms with van der Waals surface area (Å²) < 4.78 is 5.09. The Balaban J connectivity index is 1.95. The molecule has 0 saturated carbocycles. The molecule has 0 aromatic heterocycles. The molecule has 3 nitrogen and oxygen atoms in total. The molecule has 2 rings (SSSR count). The summed E-state index contributed by atoms with van der Waals surface area (Å²) in [5.41, 5.74) is 1.80. The number of Topliss-reactive ketones (excluding diaryl/α,β-unsaturated/α-hetero) is 1. The summed E-state index contributed by atoms with van der Waals surface area (Å²) in [4.78, 5) is 11.5. The molecular formula is C14H15NO2. The van der Waals surface area contributed by atoms with Gasteiger partial charge in [0.25, 0.3) is 0 Å². The summed E-state index contributed by atoms with van der Waals surface area (Å²) in [6.07, 6.45) is 6.06. The van der Waals surface area contributed by atoms with Gasteiger partial charge >= 0.3 is 0 Å². The Labute approximate surface area is 101 Å². The molecule has 0 atom stereocenters. The number of carbonyl (C=O) groups is 1. The van der Waals surface area contributed by atoms with Crippen molar-refractivity contribution in [1.82, 2.24) is 5.32 Å². The lowest BCUT2D eigenvalue weighted by Crippen LogP contribution is -2.20. The van der Waals surface area contributed by atoms with E-state index in [9.17, 15) is 4.79 Å². The lowest BCUT2D eigenvalue weighted by atomic mass is 10.1. The monoisotopic (exact) mass is 229 g/mol. The van der Waals surface area contributed by atoms with Crippen LogP contribution in [0.5, 0.6) is 5.75 Å². The smallest absolute Gasteiger partial charge is 0.182 e. The number of methoxy groups -OCH3 is 1. The molecule has 0 fully saturated rings. The van der Waals surface area contributed by atoms with Crippen molar-refractivity contribution in [2.75, 3.05) is 7.11 Å². The maximum atomic E-state index is 11.5. The molecule has 3 heteroatoms. The third-order valence-corrected chi connectivity index (χ3v) is 2.64. The summed E-state index contributed by atoms with van der Waals surface area (Å²) in [6, 6.07) is 7.78. The maximum Gasteiger partial charge on any atom is 0.182 e. The van der Waals surface area contributed by atoms with Gasteiger partial charge in [-0.05, 0) is 23.8 Å². The highest BCUT2D eigenvalue weighted by atomic mass is 16.5. The number of ether oxygens (including phenoxy) is 1. The third kappa shape index (κ3) is 2.97. The molecule has 1 aliphatic rings. The van der Waals surface area contributed by atoms with Crippen LogP contribution in [0.3, 0.4) is 0 Å². The molecule has 0 saturated heterocycles. The van der Waals surface area contributed by atoms with Crippen molar-refractivity contribution in [2.45, 2.75) is 13.0 Å². The Kier molecular flexibility index (Phi) is 3.60. The zero-order valence-electron chi connectivity index (χ0n) is 9.77. The topological polar surface area (TPSA) is 38.3 Å². The molecular weight excluding hydrogens is 214 g/mol. The highest BCUT2D eigenvalue weighted by molar-refractivity contribution is 5.97. The number of hydrogen-bond donors (Lipinski definition) is 1. The van der Waals surface area contributed by atoms with Crippen molar-refractivity contribution in [3.63, 3.8) is 0 Å². The number of ketones is 1. The quantitative estimate of drug-likeness (QED) is 0.860. The number of allylic oxidation sites excluding steroid dienone is 4. The van der Waals surface area contributed by atoms with E-state index >= 15 is 0 Å². The molecule has 1 aliphatic carbocycles. The van der Waals surface area contributed by atoms with Crippen molar-refractivity contribution in [1.29, 1.82) is 0 Å². The summed E-state index contributed by atoms with van der Waals surface area (Å²) in [5, 5.41) is 3.14. The van der Waals surface area contributed by atoms with E-state index in [-0.39, 0.29) is 5.78 Å². The average Bonchev–Trinajstić information content (AvgIpc) is 2.38. The van der Waals surface area contributed by atoms with E-state index in [4.69, 9.17) is 4.74 Å². The zero-order chi connectivity index (χ0) is 12.1. The highest BCUT2D eigenvalue weighted by Crippen LogP contribution is 2.12. The van der Waals surface area contributed by atoms with E-state index in [1.165, 1.54) is 0 Å². The molecule has 0 radical (unpaired) electrons. The summed E-state index contributed by atoms with van der Waals surface area (Å²) in [6.45, 7) is 0.648. The van der Waals surface area contributed by atoms with Crippen LogP contribution < -0.4 is 10.1 Å². The molecule has 0 bridgehead atoms. The third-order valence-electron chi connectivity index (χ3n) is 2.64. The Morgan fingerprint density at radius 3 is 2.71 bits per heavy atom. The minimum atomic E-state index is 0.140. The van der Waals surface area contributed by atoms with Gasteiger partial charge in [0.2, 0.25) is 0 Å². The van der Waals surface area contributed by atoms with E-state index in [0.29, 0.717) is 18.7 Å². The first-order valence-corrected chi connectivity index (χ1v) is 5.56. The fraction of sp³-hybridized carbons (Fsp3) is 0.214. The predicted molar refractivity (Wildman–Crippen MR) is 66.7 cm³/mol. The van der Waals surface area contributed by atoms with E-state index in [0.717, 1.165) is 11.3 Å². The second kappa shape index (κ2) is 5.34. The van der Waals surface area contributed by atoms with E-state index in [1.54, 1.807) is 7.11 Å². The Morgan fingerprint density at radius 2 is 2.06 bits per heavy atom. The van der Waals surface area contributed by atoms with Gasteiger partial charge in [0, 0.05) is 13.0 Å². The molecule has 0 unspecified atom stereocenters. The number of hydrogen-bond acceptors (Lipinski definition) is 3. The van der Waals surface area contributed by atoms with Crippen LogP contribution in [0.1, 0.15) is 12.0 Å². The van der Waals surface area contributed by atoms with E-state index < -0.39 is 0 Å². The highest BCUT2D eigenvalue weighted by Gasteiger charge is 2.09. The van der Waals surface area contributed by atoms with Gasteiger partial charge in [0.15, 0.2) is 5.78 Å². The molecule has 0 spiro atoms. The minimum Gasteiger partial charge on any atom is -0.497 e. The van der Waals surface area contributed by atoms with Crippen LogP contribution in [0.2, 0.25) is 0 Å². The summed E-state index contributed by atoms with van der Waals surface area (Å²) in [5.74, 6) is 0.977. The van der Waals surface area contributed by atoms with Crippen LogP contribution in [0.15, 0.2) is 48.2 Å². The zero-order valence-corrected chi connectivity index (χ0v) is 9.77. The molecule has 1 N–H and O–H groups in total. The van der Waals surface area contributed by atoms with Gasteiger partial charge < -0.3 is 10.1 Å². The van der Waals surface area contributed by atoms with E-state index in [2.05, 4.69) is 5.32 Å². The number of rotatable bonds is 4. The molecule has 17 heavy (non-hydrogen) atoms. The second-order valence-corrected chi connectivity index (χ2v) is 3.84. The van der Waals surface area contributed by atoms with Crippen molar-refractivity contribution in [3.8, 4) is 5.75 Å². The standard InChI is InChI=1S/C14H15NO2/c1-17-12-8-6-11(7-9-12)10-15-13-4-2-3-5-14(13)16/h2-4,6-9,15H,5,10H2,1H3. The van der Waals surface area contributed by atoms with Gasteiger partial charge in [-0.2, -0.15) is 0 Å². The van der Waals surface area contributed by atoms with Crippen LogP contribution >= 0.6 is 0 Å². The fourth-order valence-electron chi connectivity index (χ4n) is 1.64. The molecule has 0 heterocycles. The molecule has 1 aromatic carbocycles. The first-order chi connectivity index (χ1) is 8.29. The largest absolute Gasteiger partial charge is 0.497 e. The van der Waals surface area contributed by atoms with Gasteiger partial charge in [-0.1, -0.05) is 24.3 Å². The average molecular weight is 229 g/mol. The first kappa shape index (κ1) is 11.5. The van der Waals surface area contributed by atoms with Crippen LogP contribution in [0.25, 0.3) is 0 Å². The van der Waals surface area contributed by atoms with Gasteiger partial charge in [0.05, 0.1) is 12.8 Å². The van der Waals surface area contributed by atoms with Crippen LogP contribution in [0.4, 0.5) is 0 Å². The van der Waals surface area contributed by atoms with Crippen molar-refractivity contribution in [3.05, 3.63) is 53.8 Å². The number of benzene rings is 1. The van der Waals surface area contributed by atoms with Crippen molar-refractivity contribution < 1.29 is 9.53 Å². The van der Waals surface area contributed by atoms with E-state index in [1.807, 2.05) is 42.5 Å². The van der Waals surface area contributed by atoms with Crippen molar-refractivity contribution in [2.24, 2.45) is 0 Å². The summed E-state index contributed by atoms with van der Waals surface area (Å²) >= 11 is 0. The molecule has 88 valence electrons. The Bertz CT molecular complexity index is 458. The van der Waals surface area contributed by atoms with Crippen LogP contribution in [-0.2, 0) is 11.3 Å². The minimum absolute atomic E-state index is 0.140. The summed E-state index contributed by atoms with van der Waals surface area (Å²) in [7, 11) is 1.64. The van der Waals surface area contributed by atoms with Gasteiger partial charge in [-0.15, -0.1) is 0 Å². The van der Waals surface area contributed by atoms with Crippen molar-refractivity contribution >= 4 is 5.78 Å². The lowest BCUT2D eigenvalue weighted by Gasteiger charge is -2.11. The van der Waals surface area contributed by atoms with Gasteiger partial charge in [0.1, 0.15) is 5.75 Å². The second-order valence-electron chi connectivity index (χ2n) is 3.84. The number of nitrogens with one attached hydrogen (secondary N) is 1. The first-order valence-electron chi connectivity index (χ1n) is 5.56. The number of carbonyl (C=O) groups excluding carboxylic acids is 1. The Morgan fingerprint density at radius 1 is 1.29 bits per heavy atom. The SMILES string of the molecule is COc1ccc(CNC2=CC=CCC2=O)cc1. The van der Waals surface area contributed by atoms with Gasteiger partial charge in [-0.25, -0.2) is 0 Å². The van der Waals surface area contributed by atoms with Crippen LogP contribution in [0, 0.1) is 0 Å². The maximum absolute atomic E-state index is 11.5. The molecule has 0 aliphatic heterocycles. The predicted octanol–water partition coefficient (Wildman–Crippen LogP) is 2.20. The molecule has 1 aromatic rings. The molecule has 0 amide bonds. The lowest BCUT2D eigenvalue weighted by molar-refractivity contribution is -0.115. The Hall–Kier alpha value is -2.03. The normalized spacial score (nSPS) is 14.4. The van der Waals surface area contributed by atoms with Crippen LogP contribution in [-0.4, -0.2) is 12.9 Å². The fourth-order valence-corrected chi connectivity index (χ4v) is 1.64.